The average molecular weight is 349 g/mol. The van der Waals surface area contributed by atoms with Crippen LogP contribution in [-0.2, 0) is 4.79 Å². The van der Waals surface area contributed by atoms with Crippen LogP contribution < -0.4 is 14.8 Å². The van der Waals surface area contributed by atoms with E-state index in [0.29, 0.717) is 18.1 Å². The van der Waals surface area contributed by atoms with Crippen molar-refractivity contribution < 1.29 is 14.3 Å². The van der Waals surface area contributed by atoms with Crippen molar-refractivity contribution in [1.29, 1.82) is 0 Å². The molecule has 3 aromatic carbocycles. The van der Waals surface area contributed by atoms with Crippen LogP contribution in [-0.4, -0.2) is 19.1 Å². The third kappa shape index (κ3) is 4.33. The molecule has 0 radical (unpaired) electrons. The summed E-state index contributed by atoms with van der Waals surface area (Å²) in [6.07, 6.45) is 0. The topological polar surface area (TPSA) is 47.6 Å². The fraction of sp³-hybridized carbons (Fsp3) is 0.227. The molecule has 0 saturated carbocycles. The largest absolute Gasteiger partial charge is 0.490 e. The summed E-state index contributed by atoms with van der Waals surface area (Å²) in [6.45, 7) is 4.37. The van der Waals surface area contributed by atoms with E-state index in [-0.39, 0.29) is 18.6 Å². The standard InChI is InChI=1S/C22H23NO3/c1-3-25-20-10-6-7-11-21(20)26-15-22(24)23-16(2)18-13-12-17-8-4-5-9-19(17)14-18/h4-14,16H,3,15H2,1-2H3,(H,23,24)/t16-/m0/s1. The van der Waals surface area contributed by atoms with Gasteiger partial charge >= 0.3 is 0 Å². The predicted octanol–water partition coefficient (Wildman–Crippen LogP) is 4.49. The van der Waals surface area contributed by atoms with Crippen molar-refractivity contribution in [3.8, 4) is 11.5 Å². The molecule has 1 N–H and O–H groups in total. The quantitative estimate of drug-likeness (QED) is 0.683. The summed E-state index contributed by atoms with van der Waals surface area (Å²) in [4.78, 5) is 12.3. The van der Waals surface area contributed by atoms with Crippen LogP contribution in [0.5, 0.6) is 11.5 Å². The first-order valence-corrected chi connectivity index (χ1v) is 8.80. The highest BCUT2D eigenvalue weighted by atomic mass is 16.5. The molecule has 134 valence electrons. The summed E-state index contributed by atoms with van der Waals surface area (Å²) in [7, 11) is 0. The number of fused-ring (bicyclic) bond motifs is 1. The van der Waals surface area contributed by atoms with Gasteiger partial charge in [-0.05, 0) is 48.4 Å². The first-order valence-electron chi connectivity index (χ1n) is 8.80. The van der Waals surface area contributed by atoms with Crippen molar-refractivity contribution in [3.63, 3.8) is 0 Å². The molecule has 0 aliphatic rings. The lowest BCUT2D eigenvalue weighted by molar-refractivity contribution is -0.123. The number of amides is 1. The molecular weight excluding hydrogens is 326 g/mol. The number of nitrogens with one attached hydrogen (secondary N) is 1. The highest BCUT2D eigenvalue weighted by Gasteiger charge is 2.12. The number of carbonyl (C=O) groups is 1. The zero-order valence-electron chi connectivity index (χ0n) is 15.1. The van der Waals surface area contributed by atoms with Gasteiger partial charge in [0.25, 0.3) is 5.91 Å². The van der Waals surface area contributed by atoms with Crippen LogP contribution in [0.1, 0.15) is 25.5 Å². The molecule has 0 unspecified atom stereocenters. The van der Waals surface area contributed by atoms with Gasteiger partial charge in [-0.15, -0.1) is 0 Å². The average Bonchev–Trinajstić information content (AvgIpc) is 2.67. The molecule has 0 aliphatic carbocycles. The Morgan fingerprint density at radius 2 is 1.58 bits per heavy atom. The van der Waals surface area contributed by atoms with E-state index in [2.05, 4.69) is 29.6 Å². The van der Waals surface area contributed by atoms with Crippen molar-refractivity contribution in [2.75, 3.05) is 13.2 Å². The van der Waals surface area contributed by atoms with E-state index in [1.54, 1.807) is 6.07 Å². The van der Waals surface area contributed by atoms with Gasteiger partial charge in [0.1, 0.15) is 0 Å². The van der Waals surface area contributed by atoms with Crippen molar-refractivity contribution in [3.05, 3.63) is 72.3 Å². The molecule has 3 aromatic rings. The molecule has 1 atom stereocenters. The van der Waals surface area contributed by atoms with Gasteiger partial charge in [0.15, 0.2) is 18.1 Å². The molecule has 1 amide bonds. The number of hydrogen-bond acceptors (Lipinski definition) is 3. The Balaban J connectivity index is 1.60. The summed E-state index contributed by atoms with van der Waals surface area (Å²) >= 11 is 0. The summed E-state index contributed by atoms with van der Waals surface area (Å²) in [5.41, 5.74) is 1.06. The van der Waals surface area contributed by atoms with Crippen LogP contribution in [0.2, 0.25) is 0 Å². The van der Waals surface area contributed by atoms with Gasteiger partial charge in [-0.25, -0.2) is 0 Å². The Hall–Kier alpha value is -3.01. The highest BCUT2D eigenvalue weighted by molar-refractivity contribution is 5.83. The maximum Gasteiger partial charge on any atom is 0.258 e. The second-order valence-electron chi connectivity index (χ2n) is 6.06. The minimum Gasteiger partial charge on any atom is -0.490 e. The third-order valence-electron chi connectivity index (χ3n) is 4.16. The van der Waals surface area contributed by atoms with E-state index in [0.717, 1.165) is 10.9 Å². The summed E-state index contributed by atoms with van der Waals surface area (Å²) < 4.78 is 11.1. The van der Waals surface area contributed by atoms with Gasteiger partial charge in [0, 0.05) is 0 Å². The maximum atomic E-state index is 12.3. The van der Waals surface area contributed by atoms with E-state index in [1.807, 2.05) is 50.2 Å². The van der Waals surface area contributed by atoms with Crippen LogP contribution in [0.4, 0.5) is 0 Å². The predicted molar refractivity (Wildman–Crippen MR) is 104 cm³/mol. The minimum atomic E-state index is -0.169. The molecule has 0 spiro atoms. The summed E-state index contributed by atoms with van der Waals surface area (Å²) in [6, 6.07) is 21.6. The van der Waals surface area contributed by atoms with Crippen LogP contribution >= 0.6 is 0 Å². The van der Waals surface area contributed by atoms with E-state index in [4.69, 9.17) is 9.47 Å². The van der Waals surface area contributed by atoms with Crippen molar-refractivity contribution >= 4 is 16.7 Å². The summed E-state index contributed by atoms with van der Waals surface area (Å²) in [5.74, 6) is 1.05. The Morgan fingerprint density at radius 1 is 0.923 bits per heavy atom. The second kappa shape index (κ2) is 8.39. The molecule has 0 aromatic heterocycles. The lowest BCUT2D eigenvalue weighted by Crippen LogP contribution is -2.31. The van der Waals surface area contributed by atoms with Gasteiger partial charge in [-0.3, -0.25) is 4.79 Å². The van der Waals surface area contributed by atoms with Gasteiger partial charge in [-0.2, -0.15) is 0 Å². The summed E-state index contributed by atoms with van der Waals surface area (Å²) in [5, 5.41) is 5.32. The molecule has 4 heteroatoms. The van der Waals surface area contributed by atoms with Crippen LogP contribution in [0.15, 0.2) is 66.7 Å². The number of carbonyl (C=O) groups excluding carboxylic acids is 1. The lowest BCUT2D eigenvalue weighted by Gasteiger charge is -2.16. The zero-order chi connectivity index (χ0) is 18.4. The SMILES string of the molecule is CCOc1ccccc1OCC(=O)N[C@@H](C)c1ccc2ccccc2c1. The fourth-order valence-corrected chi connectivity index (χ4v) is 2.83. The maximum absolute atomic E-state index is 12.3. The monoisotopic (exact) mass is 349 g/mol. The third-order valence-corrected chi connectivity index (χ3v) is 4.16. The highest BCUT2D eigenvalue weighted by Crippen LogP contribution is 2.26. The van der Waals surface area contributed by atoms with Crippen molar-refractivity contribution in [2.45, 2.75) is 19.9 Å². The van der Waals surface area contributed by atoms with E-state index < -0.39 is 0 Å². The Labute approximate surface area is 153 Å². The Bertz CT molecular complexity index is 891. The minimum absolute atomic E-state index is 0.0536. The van der Waals surface area contributed by atoms with E-state index in [9.17, 15) is 4.79 Å². The van der Waals surface area contributed by atoms with Crippen molar-refractivity contribution in [1.82, 2.24) is 5.32 Å². The molecule has 0 saturated heterocycles. The van der Waals surface area contributed by atoms with Gasteiger partial charge in [-0.1, -0.05) is 48.5 Å². The smallest absolute Gasteiger partial charge is 0.258 e. The number of hydrogen-bond donors (Lipinski definition) is 1. The normalized spacial score (nSPS) is 11.8. The molecule has 0 bridgehead atoms. The Kier molecular flexibility index (Phi) is 5.74. The molecule has 26 heavy (non-hydrogen) atoms. The van der Waals surface area contributed by atoms with Gasteiger partial charge in [0.2, 0.25) is 0 Å². The lowest BCUT2D eigenvalue weighted by atomic mass is 10.0. The number of ether oxygens (including phenoxy) is 2. The van der Waals surface area contributed by atoms with Gasteiger partial charge in [0.05, 0.1) is 12.6 Å². The zero-order valence-corrected chi connectivity index (χ0v) is 15.1. The van der Waals surface area contributed by atoms with Gasteiger partial charge < -0.3 is 14.8 Å². The second-order valence-corrected chi connectivity index (χ2v) is 6.06. The van der Waals surface area contributed by atoms with E-state index in [1.165, 1.54) is 5.39 Å². The van der Waals surface area contributed by atoms with Crippen LogP contribution in [0, 0.1) is 0 Å². The number of benzene rings is 3. The molecule has 4 nitrogen and oxygen atoms in total. The van der Waals surface area contributed by atoms with Crippen LogP contribution in [0.3, 0.4) is 0 Å². The first-order chi connectivity index (χ1) is 12.7. The fourth-order valence-electron chi connectivity index (χ4n) is 2.83. The molecule has 0 heterocycles. The van der Waals surface area contributed by atoms with Crippen molar-refractivity contribution in [2.24, 2.45) is 0 Å². The Morgan fingerprint density at radius 3 is 2.31 bits per heavy atom. The first kappa shape index (κ1) is 17.8. The number of rotatable bonds is 7. The van der Waals surface area contributed by atoms with Crippen LogP contribution in [0.25, 0.3) is 10.8 Å². The number of para-hydroxylation sites is 2. The molecule has 0 fully saturated rings. The van der Waals surface area contributed by atoms with E-state index >= 15 is 0 Å². The molecule has 3 rings (SSSR count). The molecular formula is C22H23NO3. The molecule has 0 aliphatic heterocycles.